The van der Waals surface area contributed by atoms with E-state index in [1.54, 1.807) is 0 Å². The number of Topliss-reactive ketones (excluding diaryl/α,β-unsaturated/α-hetero) is 1. The molecule has 0 bridgehead atoms. The third kappa shape index (κ3) is 4.09. The van der Waals surface area contributed by atoms with Gasteiger partial charge in [0.25, 0.3) is 0 Å². The van der Waals surface area contributed by atoms with Gasteiger partial charge in [0, 0.05) is 12.0 Å². The Labute approximate surface area is 161 Å². The van der Waals surface area contributed by atoms with Crippen molar-refractivity contribution >= 4 is 11.4 Å². The molecule has 1 nitrogen and oxygen atoms in total. The van der Waals surface area contributed by atoms with Crippen LogP contribution in [0.4, 0.5) is 0 Å². The highest BCUT2D eigenvalue weighted by Gasteiger charge is 2.21. The highest BCUT2D eigenvalue weighted by molar-refractivity contribution is 5.96. The zero-order chi connectivity index (χ0) is 18.5. The third-order valence-corrected chi connectivity index (χ3v) is 5.43. The highest BCUT2D eigenvalue weighted by atomic mass is 16.1. The molecular formula is C26H24O. The summed E-state index contributed by atoms with van der Waals surface area (Å²) >= 11 is 0. The van der Waals surface area contributed by atoms with Crippen LogP contribution >= 0.6 is 0 Å². The van der Waals surface area contributed by atoms with E-state index >= 15 is 0 Å². The number of carbonyl (C=O) groups is 1. The fourth-order valence-electron chi connectivity index (χ4n) is 4.02. The van der Waals surface area contributed by atoms with Gasteiger partial charge in [0.15, 0.2) is 5.78 Å². The van der Waals surface area contributed by atoms with Crippen molar-refractivity contribution in [3.8, 4) is 0 Å². The maximum atomic E-state index is 12.9. The Hall–Kier alpha value is -2.93. The van der Waals surface area contributed by atoms with Crippen molar-refractivity contribution in [2.75, 3.05) is 0 Å². The minimum Gasteiger partial charge on any atom is -0.294 e. The van der Waals surface area contributed by atoms with E-state index in [-0.39, 0.29) is 11.7 Å². The zero-order valence-electron chi connectivity index (χ0n) is 15.5. The SMILES string of the molecule is O=C(C[C@@H](CC1=CCCc2ccccc21)c1ccccc1)c1ccccc1. The summed E-state index contributed by atoms with van der Waals surface area (Å²) in [5.74, 6) is 0.408. The minimum atomic E-state index is 0.191. The van der Waals surface area contributed by atoms with E-state index in [4.69, 9.17) is 0 Å². The van der Waals surface area contributed by atoms with Gasteiger partial charge in [-0.3, -0.25) is 4.79 Å². The fourth-order valence-corrected chi connectivity index (χ4v) is 4.02. The molecule has 0 spiro atoms. The molecular weight excluding hydrogens is 328 g/mol. The van der Waals surface area contributed by atoms with Gasteiger partial charge in [-0.25, -0.2) is 0 Å². The molecule has 0 N–H and O–H groups in total. The van der Waals surface area contributed by atoms with Crippen LogP contribution in [0.5, 0.6) is 0 Å². The van der Waals surface area contributed by atoms with E-state index in [1.165, 1.54) is 22.3 Å². The van der Waals surface area contributed by atoms with Crippen LogP contribution in [-0.4, -0.2) is 5.78 Å². The van der Waals surface area contributed by atoms with Gasteiger partial charge in [-0.2, -0.15) is 0 Å². The predicted molar refractivity (Wildman–Crippen MR) is 112 cm³/mol. The van der Waals surface area contributed by atoms with Crippen molar-refractivity contribution in [3.63, 3.8) is 0 Å². The van der Waals surface area contributed by atoms with Gasteiger partial charge in [-0.05, 0) is 47.4 Å². The van der Waals surface area contributed by atoms with Gasteiger partial charge in [0.1, 0.15) is 0 Å². The second-order valence-electron chi connectivity index (χ2n) is 7.23. The zero-order valence-corrected chi connectivity index (χ0v) is 15.5. The average Bonchev–Trinajstić information content (AvgIpc) is 2.74. The molecule has 27 heavy (non-hydrogen) atoms. The van der Waals surface area contributed by atoms with Crippen LogP contribution < -0.4 is 0 Å². The molecule has 1 aliphatic rings. The summed E-state index contributed by atoms with van der Waals surface area (Å²) in [5, 5.41) is 0. The predicted octanol–water partition coefficient (Wildman–Crippen LogP) is 6.46. The van der Waals surface area contributed by atoms with Crippen LogP contribution in [0.3, 0.4) is 0 Å². The summed E-state index contributed by atoms with van der Waals surface area (Å²) in [6.45, 7) is 0. The monoisotopic (exact) mass is 352 g/mol. The van der Waals surface area contributed by atoms with Crippen molar-refractivity contribution in [1.82, 2.24) is 0 Å². The molecule has 0 amide bonds. The smallest absolute Gasteiger partial charge is 0.163 e. The van der Waals surface area contributed by atoms with E-state index in [2.05, 4.69) is 54.6 Å². The number of rotatable bonds is 6. The van der Waals surface area contributed by atoms with Gasteiger partial charge in [0.05, 0.1) is 0 Å². The molecule has 0 aromatic heterocycles. The first-order valence-corrected chi connectivity index (χ1v) is 9.72. The summed E-state index contributed by atoms with van der Waals surface area (Å²) in [4.78, 5) is 12.9. The normalized spacial score (nSPS) is 14.1. The van der Waals surface area contributed by atoms with Gasteiger partial charge < -0.3 is 0 Å². The number of carbonyl (C=O) groups excluding carboxylic acids is 1. The summed E-state index contributed by atoms with van der Waals surface area (Å²) in [5.41, 5.74) is 6.21. The molecule has 0 aliphatic heterocycles. The van der Waals surface area contributed by atoms with Gasteiger partial charge >= 0.3 is 0 Å². The van der Waals surface area contributed by atoms with Crippen LogP contribution in [-0.2, 0) is 6.42 Å². The molecule has 0 radical (unpaired) electrons. The maximum Gasteiger partial charge on any atom is 0.163 e. The number of hydrogen-bond acceptors (Lipinski definition) is 1. The first-order valence-electron chi connectivity index (χ1n) is 9.72. The fraction of sp³-hybridized carbons (Fsp3) is 0.192. The molecule has 3 aromatic carbocycles. The first-order chi connectivity index (χ1) is 13.3. The topological polar surface area (TPSA) is 17.1 Å². The Morgan fingerprint density at radius 3 is 2.26 bits per heavy atom. The largest absolute Gasteiger partial charge is 0.294 e. The lowest BCUT2D eigenvalue weighted by Gasteiger charge is -2.23. The van der Waals surface area contributed by atoms with E-state index in [9.17, 15) is 4.79 Å². The molecule has 0 unspecified atom stereocenters. The summed E-state index contributed by atoms with van der Waals surface area (Å²) < 4.78 is 0. The van der Waals surface area contributed by atoms with Gasteiger partial charge in [0.2, 0.25) is 0 Å². The first kappa shape index (κ1) is 17.5. The van der Waals surface area contributed by atoms with Gasteiger partial charge in [-0.1, -0.05) is 91.0 Å². The Balaban J connectivity index is 1.61. The number of allylic oxidation sites excluding steroid dienone is 2. The van der Waals surface area contributed by atoms with Crippen LogP contribution in [0.25, 0.3) is 5.57 Å². The van der Waals surface area contributed by atoms with Crippen molar-refractivity contribution in [2.45, 2.75) is 31.6 Å². The van der Waals surface area contributed by atoms with E-state index in [1.807, 2.05) is 36.4 Å². The Morgan fingerprint density at radius 2 is 1.48 bits per heavy atom. The number of fused-ring (bicyclic) bond motifs is 1. The summed E-state index contributed by atoms with van der Waals surface area (Å²) in [6, 6.07) is 28.8. The molecule has 3 aromatic rings. The lowest BCUT2D eigenvalue weighted by atomic mass is 9.81. The molecule has 1 aliphatic carbocycles. The Morgan fingerprint density at radius 1 is 0.815 bits per heavy atom. The highest BCUT2D eigenvalue weighted by Crippen LogP contribution is 2.36. The molecule has 0 saturated heterocycles. The third-order valence-electron chi connectivity index (χ3n) is 5.43. The molecule has 1 atom stereocenters. The lowest BCUT2D eigenvalue weighted by Crippen LogP contribution is -2.10. The molecule has 0 heterocycles. The van der Waals surface area contributed by atoms with Crippen LogP contribution in [0.15, 0.2) is 91.0 Å². The molecule has 0 saturated carbocycles. The van der Waals surface area contributed by atoms with Gasteiger partial charge in [-0.15, -0.1) is 0 Å². The number of benzene rings is 3. The molecule has 134 valence electrons. The molecule has 0 fully saturated rings. The van der Waals surface area contributed by atoms with Crippen molar-refractivity contribution in [1.29, 1.82) is 0 Å². The molecule has 4 rings (SSSR count). The van der Waals surface area contributed by atoms with Crippen LogP contribution in [0.2, 0.25) is 0 Å². The van der Waals surface area contributed by atoms with E-state index in [0.29, 0.717) is 6.42 Å². The van der Waals surface area contributed by atoms with Crippen LogP contribution in [0.1, 0.15) is 52.2 Å². The number of aryl methyl sites for hydroxylation is 1. The van der Waals surface area contributed by atoms with Crippen molar-refractivity contribution in [2.24, 2.45) is 0 Å². The molecule has 1 heteroatoms. The lowest BCUT2D eigenvalue weighted by molar-refractivity contribution is 0.0974. The van der Waals surface area contributed by atoms with Crippen molar-refractivity contribution < 1.29 is 4.79 Å². The quantitative estimate of drug-likeness (QED) is 0.465. The van der Waals surface area contributed by atoms with Crippen LogP contribution in [0, 0.1) is 0 Å². The van der Waals surface area contributed by atoms with E-state index < -0.39 is 0 Å². The van der Waals surface area contributed by atoms with E-state index in [0.717, 1.165) is 24.8 Å². The Bertz CT molecular complexity index is 938. The standard InChI is InChI=1S/C26H24O/c27-26(22-13-5-2-6-14-22)19-24(20-10-3-1-4-11-20)18-23-16-9-15-21-12-7-8-17-25(21)23/h1-8,10-14,16-17,24H,9,15,18-19H2/t24-/m1/s1. The maximum absolute atomic E-state index is 12.9. The Kier molecular flexibility index (Phi) is 5.29. The summed E-state index contributed by atoms with van der Waals surface area (Å²) in [6.07, 6.45) is 6.00. The second kappa shape index (κ2) is 8.18. The average molecular weight is 352 g/mol. The van der Waals surface area contributed by atoms with Crippen molar-refractivity contribution in [3.05, 3.63) is 113 Å². The second-order valence-corrected chi connectivity index (χ2v) is 7.23. The number of ketones is 1. The minimum absolute atomic E-state index is 0.191. The number of hydrogen-bond donors (Lipinski definition) is 0. The summed E-state index contributed by atoms with van der Waals surface area (Å²) in [7, 11) is 0.